The first-order valence-corrected chi connectivity index (χ1v) is 6.24. The highest BCUT2D eigenvalue weighted by atomic mass is 16.5. The van der Waals surface area contributed by atoms with Crippen LogP contribution < -0.4 is 10.1 Å². The standard InChI is InChI=1S/C14H21NO3/c1-4-7-15-9-12-8-10(2)5-6-13(12)18-11(3)14(16)17/h5-6,8,11,15H,4,7,9H2,1-3H3,(H,16,17). The lowest BCUT2D eigenvalue weighted by Gasteiger charge is -2.15. The van der Waals surface area contributed by atoms with Crippen molar-refractivity contribution in [2.75, 3.05) is 6.54 Å². The van der Waals surface area contributed by atoms with Gasteiger partial charge in [0, 0.05) is 12.1 Å². The Hall–Kier alpha value is -1.55. The number of hydrogen-bond donors (Lipinski definition) is 2. The quantitative estimate of drug-likeness (QED) is 0.730. The summed E-state index contributed by atoms with van der Waals surface area (Å²) in [6, 6.07) is 5.78. The van der Waals surface area contributed by atoms with Gasteiger partial charge >= 0.3 is 5.97 Å². The molecule has 1 rings (SSSR count). The van der Waals surface area contributed by atoms with Crippen LogP contribution in [0.3, 0.4) is 0 Å². The Balaban J connectivity index is 2.78. The number of rotatable bonds is 7. The fourth-order valence-corrected chi connectivity index (χ4v) is 1.60. The summed E-state index contributed by atoms with van der Waals surface area (Å²) < 4.78 is 5.45. The molecule has 0 aromatic heterocycles. The van der Waals surface area contributed by atoms with E-state index in [2.05, 4.69) is 12.2 Å². The summed E-state index contributed by atoms with van der Waals surface area (Å²) in [6.07, 6.45) is 0.228. The summed E-state index contributed by atoms with van der Waals surface area (Å²) in [7, 11) is 0. The van der Waals surface area contributed by atoms with Gasteiger partial charge in [-0.05, 0) is 32.9 Å². The topological polar surface area (TPSA) is 58.6 Å². The van der Waals surface area contributed by atoms with E-state index in [1.54, 1.807) is 0 Å². The van der Waals surface area contributed by atoms with Crippen LogP contribution in [0.15, 0.2) is 18.2 Å². The molecule has 0 saturated heterocycles. The number of carbonyl (C=O) groups is 1. The Bertz CT molecular complexity index is 404. The molecule has 0 fully saturated rings. The number of carboxylic acids is 1. The van der Waals surface area contributed by atoms with Gasteiger partial charge in [-0.2, -0.15) is 0 Å². The molecular formula is C14H21NO3. The molecule has 0 aliphatic rings. The molecule has 1 atom stereocenters. The van der Waals surface area contributed by atoms with Crippen LogP contribution in [0.4, 0.5) is 0 Å². The van der Waals surface area contributed by atoms with Crippen LogP contribution in [0.5, 0.6) is 5.75 Å². The van der Waals surface area contributed by atoms with Gasteiger partial charge in [0.05, 0.1) is 0 Å². The maximum Gasteiger partial charge on any atom is 0.344 e. The Morgan fingerprint density at radius 2 is 2.22 bits per heavy atom. The number of benzene rings is 1. The number of aliphatic carboxylic acids is 1. The highest BCUT2D eigenvalue weighted by Gasteiger charge is 2.14. The van der Waals surface area contributed by atoms with E-state index in [0.29, 0.717) is 12.3 Å². The zero-order chi connectivity index (χ0) is 13.5. The summed E-state index contributed by atoms with van der Waals surface area (Å²) in [5.74, 6) is -0.317. The van der Waals surface area contributed by atoms with Gasteiger partial charge in [0.25, 0.3) is 0 Å². The van der Waals surface area contributed by atoms with Crippen LogP contribution >= 0.6 is 0 Å². The molecule has 1 unspecified atom stereocenters. The van der Waals surface area contributed by atoms with Gasteiger partial charge < -0.3 is 15.2 Å². The van der Waals surface area contributed by atoms with Crippen molar-refractivity contribution in [3.05, 3.63) is 29.3 Å². The molecule has 4 nitrogen and oxygen atoms in total. The Labute approximate surface area is 108 Å². The molecule has 18 heavy (non-hydrogen) atoms. The molecular weight excluding hydrogens is 230 g/mol. The molecule has 0 aliphatic carbocycles. The molecule has 0 aliphatic heterocycles. The van der Waals surface area contributed by atoms with Crippen LogP contribution in [0, 0.1) is 6.92 Å². The minimum atomic E-state index is -0.956. The first-order chi connectivity index (χ1) is 8.54. The van der Waals surface area contributed by atoms with Gasteiger partial charge in [-0.25, -0.2) is 4.79 Å². The fraction of sp³-hybridized carbons (Fsp3) is 0.500. The van der Waals surface area contributed by atoms with Crippen molar-refractivity contribution in [2.45, 2.75) is 39.8 Å². The molecule has 1 aromatic carbocycles. The largest absolute Gasteiger partial charge is 0.479 e. The van der Waals surface area contributed by atoms with Crippen LogP contribution in [0.25, 0.3) is 0 Å². The normalized spacial score (nSPS) is 12.2. The van der Waals surface area contributed by atoms with Gasteiger partial charge in [-0.3, -0.25) is 0 Å². The summed E-state index contributed by atoms with van der Waals surface area (Å²) in [5, 5.41) is 12.2. The summed E-state index contributed by atoms with van der Waals surface area (Å²) in [5.41, 5.74) is 2.13. The molecule has 4 heteroatoms. The predicted molar refractivity (Wildman–Crippen MR) is 70.9 cm³/mol. The molecule has 0 amide bonds. The van der Waals surface area contributed by atoms with Crippen LogP contribution in [0.1, 0.15) is 31.4 Å². The minimum Gasteiger partial charge on any atom is -0.479 e. The van der Waals surface area contributed by atoms with Crippen molar-refractivity contribution in [3.63, 3.8) is 0 Å². The summed E-state index contributed by atoms with van der Waals surface area (Å²) in [6.45, 7) is 7.27. The Kier molecular flexibility index (Phi) is 5.65. The third kappa shape index (κ3) is 4.37. The van der Waals surface area contributed by atoms with Crippen LogP contribution in [0.2, 0.25) is 0 Å². The SMILES string of the molecule is CCCNCc1cc(C)ccc1OC(C)C(=O)O. The second-order valence-electron chi connectivity index (χ2n) is 4.39. The lowest BCUT2D eigenvalue weighted by Crippen LogP contribution is -2.24. The fourth-order valence-electron chi connectivity index (χ4n) is 1.60. The second kappa shape index (κ2) is 7.01. The number of nitrogens with one attached hydrogen (secondary N) is 1. The van der Waals surface area contributed by atoms with Gasteiger partial charge in [0.15, 0.2) is 6.10 Å². The Morgan fingerprint density at radius 3 is 2.83 bits per heavy atom. The average Bonchev–Trinajstić information content (AvgIpc) is 2.32. The maximum absolute atomic E-state index is 10.8. The highest BCUT2D eigenvalue weighted by Crippen LogP contribution is 2.21. The van der Waals surface area contributed by atoms with E-state index in [4.69, 9.17) is 9.84 Å². The monoisotopic (exact) mass is 251 g/mol. The van der Waals surface area contributed by atoms with Crippen molar-refractivity contribution in [2.24, 2.45) is 0 Å². The minimum absolute atomic E-state index is 0.638. The van der Waals surface area contributed by atoms with Crippen LogP contribution in [-0.2, 0) is 11.3 Å². The van der Waals surface area contributed by atoms with Crippen molar-refractivity contribution < 1.29 is 14.6 Å². The molecule has 0 spiro atoms. The van der Waals surface area contributed by atoms with Gasteiger partial charge in [0.2, 0.25) is 0 Å². The molecule has 0 radical (unpaired) electrons. The van der Waals surface area contributed by atoms with E-state index in [1.165, 1.54) is 6.92 Å². The van der Waals surface area contributed by atoms with Gasteiger partial charge in [-0.15, -0.1) is 0 Å². The molecule has 100 valence electrons. The zero-order valence-corrected chi connectivity index (χ0v) is 11.2. The van der Waals surface area contributed by atoms with Crippen LogP contribution in [-0.4, -0.2) is 23.7 Å². The van der Waals surface area contributed by atoms with Crippen molar-refractivity contribution >= 4 is 5.97 Å². The Morgan fingerprint density at radius 1 is 1.50 bits per heavy atom. The van der Waals surface area contributed by atoms with Crippen molar-refractivity contribution in [1.82, 2.24) is 5.32 Å². The second-order valence-corrected chi connectivity index (χ2v) is 4.39. The number of aryl methyl sites for hydroxylation is 1. The lowest BCUT2D eigenvalue weighted by molar-refractivity contribution is -0.144. The highest BCUT2D eigenvalue weighted by molar-refractivity contribution is 5.72. The number of ether oxygens (including phenoxy) is 1. The number of hydrogen-bond acceptors (Lipinski definition) is 3. The summed E-state index contributed by atoms with van der Waals surface area (Å²) >= 11 is 0. The average molecular weight is 251 g/mol. The lowest BCUT2D eigenvalue weighted by atomic mass is 10.1. The molecule has 2 N–H and O–H groups in total. The molecule has 0 saturated carbocycles. The van der Waals surface area contributed by atoms with E-state index in [9.17, 15) is 4.79 Å². The first-order valence-electron chi connectivity index (χ1n) is 6.24. The van der Waals surface area contributed by atoms with E-state index < -0.39 is 12.1 Å². The third-order valence-electron chi connectivity index (χ3n) is 2.61. The van der Waals surface area contributed by atoms with Gasteiger partial charge in [0.1, 0.15) is 5.75 Å². The van der Waals surface area contributed by atoms with Crippen molar-refractivity contribution in [3.8, 4) is 5.75 Å². The van der Waals surface area contributed by atoms with E-state index in [1.807, 2.05) is 25.1 Å². The van der Waals surface area contributed by atoms with E-state index in [0.717, 1.165) is 24.1 Å². The predicted octanol–water partition coefficient (Wildman–Crippen LogP) is 2.35. The summed E-state index contributed by atoms with van der Waals surface area (Å²) in [4.78, 5) is 10.8. The van der Waals surface area contributed by atoms with E-state index in [-0.39, 0.29) is 0 Å². The van der Waals surface area contributed by atoms with Crippen molar-refractivity contribution in [1.29, 1.82) is 0 Å². The molecule has 1 aromatic rings. The first kappa shape index (κ1) is 14.5. The molecule has 0 bridgehead atoms. The van der Waals surface area contributed by atoms with E-state index >= 15 is 0 Å². The zero-order valence-electron chi connectivity index (χ0n) is 11.2. The smallest absolute Gasteiger partial charge is 0.344 e. The third-order valence-corrected chi connectivity index (χ3v) is 2.61. The molecule has 0 heterocycles. The maximum atomic E-state index is 10.8. The number of carboxylic acid groups (broad SMARTS) is 1. The van der Waals surface area contributed by atoms with Gasteiger partial charge in [-0.1, -0.05) is 24.6 Å².